The van der Waals surface area contributed by atoms with E-state index in [4.69, 9.17) is 10.5 Å². The van der Waals surface area contributed by atoms with Crippen LogP contribution in [0.5, 0.6) is 0 Å². The molecule has 1 aliphatic carbocycles. The van der Waals surface area contributed by atoms with E-state index in [9.17, 15) is 0 Å². The Bertz CT molecular complexity index is 359. The van der Waals surface area contributed by atoms with E-state index in [1.165, 1.54) is 5.56 Å². The predicted molar refractivity (Wildman–Crippen MR) is 67.7 cm³/mol. The SMILES string of the molecule is CCOC1CC(Nc2cc(C)ccc2N)C1. The monoisotopic (exact) mass is 220 g/mol. The van der Waals surface area contributed by atoms with E-state index in [-0.39, 0.29) is 0 Å². The van der Waals surface area contributed by atoms with Gasteiger partial charge in [-0.15, -0.1) is 0 Å². The topological polar surface area (TPSA) is 47.3 Å². The molecule has 0 unspecified atom stereocenters. The normalized spacial score (nSPS) is 23.9. The molecule has 0 radical (unpaired) electrons. The highest BCUT2D eigenvalue weighted by Gasteiger charge is 2.29. The molecule has 1 fully saturated rings. The van der Waals surface area contributed by atoms with Crippen LogP contribution in [0.3, 0.4) is 0 Å². The fraction of sp³-hybridized carbons (Fsp3) is 0.538. The molecule has 2 rings (SSSR count). The second kappa shape index (κ2) is 4.74. The van der Waals surface area contributed by atoms with Crippen molar-refractivity contribution in [2.24, 2.45) is 0 Å². The summed E-state index contributed by atoms with van der Waals surface area (Å²) in [7, 11) is 0. The standard InChI is InChI=1S/C13H20N2O/c1-3-16-11-7-10(8-11)15-13-6-9(2)4-5-12(13)14/h4-6,10-11,15H,3,7-8,14H2,1-2H3. The molecule has 0 bridgehead atoms. The van der Waals surface area contributed by atoms with Crippen LogP contribution in [0.4, 0.5) is 11.4 Å². The van der Waals surface area contributed by atoms with E-state index in [0.29, 0.717) is 12.1 Å². The number of nitrogen functional groups attached to an aromatic ring is 1. The van der Waals surface area contributed by atoms with Crippen molar-refractivity contribution in [2.75, 3.05) is 17.7 Å². The second-order valence-corrected chi connectivity index (χ2v) is 4.48. The van der Waals surface area contributed by atoms with Crippen molar-refractivity contribution in [3.63, 3.8) is 0 Å². The van der Waals surface area contributed by atoms with Crippen molar-refractivity contribution in [1.29, 1.82) is 0 Å². The zero-order valence-corrected chi connectivity index (χ0v) is 9.99. The van der Waals surface area contributed by atoms with Crippen LogP contribution in [0, 0.1) is 6.92 Å². The second-order valence-electron chi connectivity index (χ2n) is 4.48. The van der Waals surface area contributed by atoms with Gasteiger partial charge in [-0.05, 0) is 44.4 Å². The van der Waals surface area contributed by atoms with Crippen LogP contribution in [-0.2, 0) is 4.74 Å². The summed E-state index contributed by atoms with van der Waals surface area (Å²) in [5, 5.41) is 3.47. The van der Waals surface area contributed by atoms with Gasteiger partial charge in [-0.1, -0.05) is 6.07 Å². The summed E-state index contributed by atoms with van der Waals surface area (Å²) in [5.74, 6) is 0. The molecule has 1 aliphatic rings. The van der Waals surface area contributed by atoms with Crippen LogP contribution in [-0.4, -0.2) is 18.8 Å². The molecule has 1 aromatic carbocycles. The Kier molecular flexibility index (Phi) is 3.34. The van der Waals surface area contributed by atoms with Crippen molar-refractivity contribution in [3.8, 4) is 0 Å². The maximum Gasteiger partial charge on any atom is 0.0614 e. The summed E-state index contributed by atoms with van der Waals surface area (Å²) in [6.45, 7) is 4.93. The Balaban J connectivity index is 1.89. The maximum absolute atomic E-state index is 5.92. The lowest BCUT2D eigenvalue weighted by atomic mass is 9.89. The molecule has 0 amide bonds. The minimum Gasteiger partial charge on any atom is -0.397 e. The van der Waals surface area contributed by atoms with Gasteiger partial charge in [0.15, 0.2) is 0 Å². The zero-order valence-electron chi connectivity index (χ0n) is 9.99. The molecule has 0 aromatic heterocycles. The summed E-state index contributed by atoms with van der Waals surface area (Å²) in [6.07, 6.45) is 2.61. The fourth-order valence-electron chi connectivity index (χ4n) is 2.07. The molecule has 3 N–H and O–H groups in total. The Labute approximate surface area is 97.0 Å². The first kappa shape index (κ1) is 11.3. The summed E-state index contributed by atoms with van der Waals surface area (Å²) < 4.78 is 5.53. The van der Waals surface area contributed by atoms with Gasteiger partial charge in [-0.2, -0.15) is 0 Å². The molecule has 3 heteroatoms. The lowest BCUT2D eigenvalue weighted by Crippen LogP contribution is -2.40. The van der Waals surface area contributed by atoms with E-state index in [1.807, 2.05) is 19.1 Å². The fourth-order valence-corrected chi connectivity index (χ4v) is 2.07. The molecule has 0 saturated heterocycles. The minimum atomic E-state index is 0.438. The molecule has 16 heavy (non-hydrogen) atoms. The summed E-state index contributed by atoms with van der Waals surface area (Å²) in [4.78, 5) is 0. The van der Waals surface area contributed by atoms with Gasteiger partial charge in [0.1, 0.15) is 0 Å². The van der Waals surface area contributed by atoms with Gasteiger partial charge in [-0.3, -0.25) is 0 Å². The third kappa shape index (κ3) is 2.47. The molecule has 88 valence electrons. The molecule has 3 nitrogen and oxygen atoms in total. The summed E-state index contributed by atoms with van der Waals surface area (Å²) in [6, 6.07) is 6.60. The van der Waals surface area contributed by atoms with Crippen molar-refractivity contribution >= 4 is 11.4 Å². The first-order valence-electron chi connectivity index (χ1n) is 5.93. The predicted octanol–water partition coefficient (Wildman–Crippen LogP) is 2.56. The maximum atomic E-state index is 5.92. The number of nitrogens with one attached hydrogen (secondary N) is 1. The largest absolute Gasteiger partial charge is 0.397 e. The highest BCUT2D eigenvalue weighted by molar-refractivity contribution is 5.67. The smallest absolute Gasteiger partial charge is 0.0614 e. The van der Waals surface area contributed by atoms with Gasteiger partial charge < -0.3 is 15.8 Å². The summed E-state index contributed by atoms with van der Waals surface area (Å²) in [5.41, 5.74) is 9.03. The number of anilines is 2. The minimum absolute atomic E-state index is 0.438. The average molecular weight is 220 g/mol. The molecule has 1 saturated carbocycles. The molecule has 0 atom stereocenters. The van der Waals surface area contributed by atoms with Gasteiger partial charge in [0.2, 0.25) is 0 Å². The molecular weight excluding hydrogens is 200 g/mol. The van der Waals surface area contributed by atoms with E-state index in [0.717, 1.165) is 30.8 Å². The number of nitrogens with two attached hydrogens (primary N) is 1. The molecule has 0 aliphatic heterocycles. The van der Waals surface area contributed by atoms with E-state index < -0.39 is 0 Å². The number of hydrogen-bond acceptors (Lipinski definition) is 3. The van der Waals surface area contributed by atoms with Gasteiger partial charge >= 0.3 is 0 Å². The number of benzene rings is 1. The number of ether oxygens (including phenoxy) is 1. The molecule has 0 heterocycles. The first-order valence-corrected chi connectivity index (χ1v) is 5.93. The van der Waals surface area contributed by atoms with Gasteiger partial charge in [0, 0.05) is 12.6 Å². The lowest BCUT2D eigenvalue weighted by molar-refractivity contribution is 0.00300. The molecule has 1 aromatic rings. The zero-order chi connectivity index (χ0) is 11.5. The van der Waals surface area contributed by atoms with Crippen molar-refractivity contribution in [1.82, 2.24) is 0 Å². The Hall–Kier alpha value is -1.22. The van der Waals surface area contributed by atoms with E-state index >= 15 is 0 Å². The highest BCUT2D eigenvalue weighted by Crippen LogP contribution is 2.29. The van der Waals surface area contributed by atoms with Crippen molar-refractivity contribution in [2.45, 2.75) is 38.8 Å². The lowest BCUT2D eigenvalue weighted by Gasteiger charge is -2.36. The van der Waals surface area contributed by atoms with Gasteiger partial charge in [0.25, 0.3) is 0 Å². The average Bonchev–Trinajstić information content (AvgIpc) is 2.20. The van der Waals surface area contributed by atoms with E-state index in [2.05, 4.69) is 18.3 Å². The Morgan fingerprint density at radius 3 is 2.88 bits per heavy atom. The van der Waals surface area contributed by atoms with Crippen molar-refractivity contribution in [3.05, 3.63) is 23.8 Å². The third-order valence-electron chi connectivity index (χ3n) is 3.07. The van der Waals surface area contributed by atoms with Crippen LogP contribution in [0.25, 0.3) is 0 Å². The van der Waals surface area contributed by atoms with Gasteiger partial charge in [-0.25, -0.2) is 0 Å². The Morgan fingerprint density at radius 2 is 2.19 bits per heavy atom. The van der Waals surface area contributed by atoms with Crippen LogP contribution in [0.1, 0.15) is 25.3 Å². The number of aryl methyl sites for hydroxylation is 1. The Morgan fingerprint density at radius 1 is 1.44 bits per heavy atom. The van der Waals surface area contributed by atoms with Crippen LogP contribution in [0.2, 0.25) is 0 Å². The molecular formula is C13H20N2O. The quantitative estimate of drug-likeness (QED) is 0.767. The van der Waals surface area contributed by atoms with Gasteiger partial charge in [0.05, 0.1) is 17.5 Å². The number of rotatable bonds is 4. The van der Waals surface area contributed by atoms with Crippen molar-refractivity contribution < 1.29 is 4.74 Å². The van der Waals surface area contributed by atoms with Crippen LogP contribution < -0.4 is 11.1 Å². The first-order chi connectivity index (χ1) is 7.69. The van der Waals surface area contributed by atoms with E-state index in [1.54, 1.807) is 0 Å². The third-order valence-corrected chi connectivity index (χ3v) is 3.07. The number of hydrogen-bond donors (Lipinski definition) is 2. The highest BCUT2D eigenvalue weighted by atomic mass is 16.5. The van der Waals surface area contributed by atoms with Crippen LogP contribution in [0.15, 0.2) is 18.2 Å². The van der Waals surface area contributed by atoms with Crippen LogP contribution >= 0.6 is 0 Å². The molecule has 0 spiro atoms. The summed E-state index contributed by atoms with van der Waals surface area (Å²) >= 11 is 0.